The second-order valence-corrected chi connectivity index (χ2v) is 15.6. The summed E-state index contributed by atoms with van der Waals surface area (Å²) < 4.78 is 69.7. The van der Waals surface area contributed by atoms with Crippen LogP contribution in [0.25, 0.3) is 0 Å². The number of hydrogen-bond donors (Lipinski definition) is 0. The molecule has 4 aromatic carbocycles. The summed E-state index contributed by atoms with van der Waals surface area (Å²) in [7, 11) is 0. The maximum absolute atomic E-state index is 12.8. The molecule has 0 amide bonds. The van der Waals surface area contributed by atoms with Crippen molar-refractivity contribution in [1.29, 1.82) is 0 Å². The van der Waals surface area contributed by atoms with Gasteiger partial charge in [0.15, 0.2) is 24.1 Å². The molecule has 0 N–H and O–H groups in total. The van der Waals surface area contributed by atoms with Gasteiger partial charge >= 0.3 is 23.9 Å². The highest BCUT2D eigenvalue weighted by atomic mass is 16.8. The van der Waals surface area contributed by atoms with Gasteiger partial charge in [0.1, 0.15) is 37.1 Å². The van der Waals surface area contributed by atoms with Gasteiger partial charge in [0, 0.05) is 27.7 Å². The third-order valence-corrected chi connectivity index (χ3v) is 10.4. The zero-order valence-corrected chi connectivity index (χ0v) is 36.6. The Kier molecular flexibility index (Phi) is 17.5. The Morgan fingerprint density at radius 3 is 1.41 bits per heavy atom. The molecule has 2 fully saturated rings. The minimum Gasteiger partial charge on any atom is -0.463 e. The van der Waals surface area contributed by atoms with Gasteiger partial charge in [0.2, 0.25) is 6.29 Å². The first-order valence-electron chi connectivity index (χ1n) is 21.1. The highest BCUT2D eigenvalue weighted by molar-refractivity contribution is 5.68. The molecule has 10 atom stereocenters. The number of esters is 4. The quantitative estimate of drug-likeness (QED) is 0.0729. The molecular formula is C49H56O15. The Labute approximate surface area is 373 Å². The molecule has 6 rings (SSSR count). The van der Waals surface area contributed by atoms with Crippen molar-refractivity contribution in [3.05, 3.63) is 144 Å². The van der Waals surface area contributed by atoms with Crippen molar-refractivity contribution in [2.75, 3.05) is 13.2 Å². The number of rotatable bonds is 20. The van der Waals surface area contributed by atoms with Crippen LogP contribution in [0.15, 0.2) is 121 Å². The summed E-state index contributed by atoms with van der Waals surface area (Å²) in [6.45, 7) is 6.42. The molecule has 2 aliphatic rings. The van der Waals surface area contributed by atoms with E-state index in [0.29, 0.717) is 0 Å². The van der Waals surface area contributed by atoms with Crippen molar-refractivity contribution in [2.45, 2.75) is 122 Å². The molecule has 0 unspecified atom stereocenters. The molecular weight excluding hydrogens is 829 g/mol. The van der Waals surface area contributed by atoms with Crippen LogP contribution in [0.4, 0.5) is 0 Å². The smallest absolute Gasteiger partial charge is 0.303 e. The zero-order valence-electron chi connectivity index (χ0n) is 36.6. The fourth-order valence-corrected chi connectivity index (χ4v) is 7.65. The van der Waals surface area contributed by atoms with Crippen LogP contribution in [0.2, 0.25) is 0 Å². The minimum atomic E-state index is -1.87. The lowest BCUT2D eigenvalue weighted by atomic mass is 9.91. The van der Waals surface area contributed by atoms with Crippen molar-refractivity contribution < 1.29 is 71.3 Å². The molecule has 15 nitrogen and oxygen atoms in total. The number of ether oxygens (including phenoxy) is 11. The van der Waals surface area contributed by atoms with Crippen LogP contribution in [0.5, 0.6) is 0 Å². The predicted molar refractivity (Wildman–Crippen MR) is 227 cm³/mol. The second-order valence-electron chi connectivity index (χ2n) is 15.6. The van der Waals surface area contributed by atoms with E-state index < -0.39 is 91.4 Å². The summed E-state index contributed by atoms with van der Waals surface area (Å²) in [6.07, 6.45) is -11.2. The van der Waals surface area contributed by atoms with Gasteiger partial charge in [-0.3, -0.25) is 19.2 Å². The highest BCUT2D eigenvalue weighted by Crippen LogP contribution is 2.41. The fourth-order valence-electron chi connectivity index (χ4n) is 7.65. The molecule has 0 radical (unpaired) electrons. The van der Waals surface area contributed by atoms with Gasteiger partial charge in [-0.2, -0.15) is 0 Å². The standard InChI is InChI=1S/C49H56O15/c1-32(50)55-31-40-43(59-33(2)51)44(60-34(3)52)46(61-35(4)53)48(62-40)64-49(5)47(58-29-39-24-16-9-17-25-39)45(57-28-38-22-14-8-15-23-38)42(56-27-37-20-12-7-13-21-37)41(63-49)30-54-26-36-18-10-6-11-19-36/h6-25,40-48H,26-31H2,1-5H3/t40-,41-,42+,43-,44+,45+,46-,47-,48-,49-/m1/s1. The highest BCUT2D eigenvalue weighted by Gasteiger charge is 2.60. The van der Waals surface area contributed by atoms with Crippen LogP contribution in [0.3, 0.4) is 0 Å². The summed E-state index contributed by atoms with van der Waals surface area (Å²) in [5.74, 6) is -4.89. The number of benzene rings is 4. The van der Waals surface area contributed by atoms with Crippen molar-refractivity contribution >= 4 is 23.9 Å². The van der Waals surface area contributed by atoms with Crippen molar-refractivity contribution in [2.24, 2.45) is 0 Å². The monoisotopic (exact) mass is 884 g/mol. The maximum Gasteiger partial charge on any atom is 0.303 e. The van der Waals surface area contributed by atoms with E-state index in [1.54, 1.807) is 6.92 Å². The van der Waals surface area contributed by atoms with Crippen LogP contribution in [0, 0.1) is 0 Å². The number of carbonyl (C=O) groups excluding carboxylic acids is 4. The molecule has 0 bridgehead atoms. The second kappa shape index (κ2) is 23.4. The van der Waals surface area contributed by atoms with Gasteiger partial charge in [0.25, 0.3) is 0 Å². The molecule has 0 saturated carbocycles. The summed E-state index contributed by atoms with van der Waals surface area (Å²) in [6, 6.07) is 38.4. The molecule has 4 aromatic rings. The van der Waals surface area contributed by atoms with Crippen LogP contribution in [0.1, 0.15) is 56.9 Å². The largest absolute Gasteiger partial charge is 0.463 e. The lowest BCUT2D eigenvalue weighted by Gasteiger charge is -2.53. The molecule has 2 aliphatic heterocycles. The van der Waals surface area contributed by atoms with Gasteiger partial charge in [-0.1, -0.05) is 121 Å². The van der Waals surface area contributed by atoms with Gasteiger partial charge in [-0.05, 0) is 29.2 Å². The molecule has 2 heterocycles. The van der Waals surface area contributed by atoms with E-state index in [9.17, 15) is 19.2 Å². The Hall–Kier alpha value is -5.52. The summed E-state index contributed by atoms with van der Waals surface area (Å²) in [4.78, 5) is 50.1. The molecule has 64 heavy (non-hydrogen) atoms. The van der Waals surface area contributed by atoms with Gasteiger partial charge < -0.3 is 52.1 Å². The van der Waals surface area contributed by atoms with Crippen LogP contribution in [-0.4, -0.2) is 98.0 Å². The normalized spacial score (nSPS) is 26.6. The number of hydrogen-bond acceptors (Lipinski definition) is 15. The number of carbonyl (C=O) groups is 4. The van der Waals surface area contributed by atoms with E-state index in [-0.39, 0.29) is 33.0 Å². The maximum atomic E-state index is 12.8. The van der Waals surface area contributed by atoms with Gasteiger partial charge in [-0.25, -0.2) is 0 Å². The first-order valence-corrected chi connectivity index (χ1v) is 21.1. The van der Waals surface area contributed by atoms with E-state index in [2.05, 4.69) is 0 Å². The SMILES string of the molecule is CC(=O)OC[C@H]1O[C@H](O[C@@]2(C)O[C@H](COCc3ccccc3)[C@H](OCc3ccccc3)[C@H](OCc3ccccc3)[C@H]2OCc2ccccc2)[C@H](OC(C)=O)[C@@H](OC(C)=O)[C@@H]1OC(C)=O. The average Bonchev–Trinajstić information content (AvgIpc) is 3.27. The molecule has 342 valence electrons. The molecule has 0 aromatic heterocycles. The van der Waals surface area contributed by atoms with E-state index in [1.807, 2.05) is 121 Å². The van der Waals surface area contributed by atoms with Crippen molar-refractivity contribution in [3.8, 4) is 0 Å². The van der Waals surface area contributed by atoms with Crippen LogP contribution >= 0.6 is 0 Å². The van der Waals surface area contributed by atoms with Crippen LogP contribution < -0.4 is 0 Å². The summed E-state index contributed by atoms with van der Waals surface area (Å²) in [5, 5.41) is 0. The lowest BCUT2D eigenvalue weighted by Crippen LogP contribution is -2.70. The van der Waals surface area contributed by atoms with E-state index in [4.69, 9.17) is 52.1 Å². The minimum absolute atomic E-state index is 0.0114. The fraction of sp³-hybridized carbons (Fsp3) is 0.429. The van der Waals surface area contributed by atoms with E-state index in [1.165, 1.54) is 6.92 Å². The Balaban J connectivity index is 1.45. The van der Waals surface area contributed by atoms with Crippen molar-refractivity contribution in [3.63, 3.8) is 0 Å². The van der Waals surface area contributed by atoms with E-state index >= 15 is 0 Å². The molecule has 0 aliphatic carbocycles. The Morgan fingerprint density at radius 1 is 0.484 bits per heavy atom. The van der Waals surface area contributed by atoms with Gasteiger partial charge in [0.05, 0.1) is 33.0 Å². The predicted octanol–water partition coefficient (Wildman–Crippen LogP) is 6.17. The lowest BCUT2D eigenvalue weighted by molar-refractivity contribution is -0.426. The van der Waals surface area contributed by atoms with Crippen molar-refractivity contribution in [1.82, 2.24) is 0 Å². The zero-order chi connectivity index (χ0) is 45.5. The average molecular weight is 885 g/mol. The first-order chi connectivity index (χ1) is 30.9. The Morgan fingerprint density at radius 2 is 0.922 bits per heavy atom. The molecule has 15 heteroatoms. The third kappa shape index (κ3) is 13.7. The summed E-state index contributed by atoms with van der Waals surface area (Å²) in [5.41, 5.74) is 3.53. The topological polar surface area (TPSA) is 170 Å². The Bertz CT molecular complexity index is 2070. The summed E-state index contributed by atoms with van der Waals surface area (Å²) >= 11 is 0. The van der Waals surface area contributed by atoms with Gasteiger partial charge in [-0.15, -0.1) is 0 Å². The van der Waals surface area contributed by atoms with E-state index in [0.717, 1.165) is 43.0 Å². The third-order valence-electron chi connectivity index (χ3n) is 10.4. The van der Waals surface area contributed by atoms with Crippen LogP contribution in [-0.2, 0) is 97.7 Å². The molecule has 0 spiro atoms. The molecule has 2 saturated heterocycles. The first kappa shape index (κ1) is 47.9.